The number of hydrogen-bond donors (Lipinski definition) is 1. The molecular formula is C19H19FN4O4. The average molecular weight is 386 g/mol. The van der Waals surface area contributed by atoms with Crippen LogP contribution in [-0.2, 0) is 4.74 Å². The van der Waals surface area contributed by atoms with Crippen molar-refractivity contribution in [3.05, 3.63) is 42.3 Å². The number of rotatable bonds is 4. The van der Waals surface area contributed by atoms with Crippen molar-refractivity contribution in [2.24, 2.45) is 0 Å². The zero-order chi connectivity index (χ0) is 19.8. The van der Waals surface area contributed by atoms with Gasteiger partial charge in [-0.15, -0.1) is 0 Å². The van der Waals surface area contributed by atoms with Crippen LogP contribution in [0.15, 0.2) is 36.5 Å². The summed E-state index contributed by atoms with van der Waals surface area (Å²) in [6.45, 7) is 1.08. The van der Waals surface area contributed by atoms with Crippen molar-refractivity contribution in [1.29, 1.82) is 0 Å². The number of aliphatic hydroxyl groups excluding tert-OH is 1. The molecule has 2 aliphatic heterocycles. The number of pyridine rings is 1. The van der Waals surface area contributed by atoms with Crippen LogP contribution in [0.3, 0.4) is 0 Å². The predicted molar refractivity (Wildman–Crippen MR) is 99.7 cm³/mol. The third-order valence-electron chi connectivity index (χ3n) is 4.89. The van der Waals surface area contributed by atoms with Crippen LogP contribution in [0.25, 0.3) is 11.1 Å². The Morgan fingerprint density at radius 2 is 2.04 bits per heavy atom. The summed E-state index contributed by atoms with van der Waals surface area (Å²) in [6.07, 6.45) is 0.294. The van der Waals surface area contributed by atoms with Crippen LogP contribution in [0.2, 0.25) is 0 Å². The Balaban J connectivity index is 1.55. The first-order valence-corrected chi connectivity index (χ1v) is 8.85. The summed E-state index contributed by atoms with van der Waals surface area (Å²) in [5.41, 5.74) is 1.25. The van der Waals surface area contributed by atoms with E-state index in [0.29, 0.717) is 35.7 Å². The van der Waals surface area contributed by atoms with Gasteiger partial charge >= 0.3 is 12.1 Å². The van der Waals surface area contributed by atoms with Crippen LogP contribution in [0.4, 0.5) is 25.5 Å². The molecule has 2 aliphatic rings. The van der Waals surface area contributed by atoms with E-state index in [4.69, 9.17) is 9.84 Å². The van der Waals surface area contributed by atoms with Crippen LogP contribution in [-0.4, -0.2) is 66.5 Å². The molecular weight excluding hydrogens is 367 g/mol. The van der Waals surface area contributed by atoms with E-state index in [1.54, 1.807) is 41.1 Å². The monoisotopic (exact) mass is 386 g/mol. The minimum atomic E-state index is -0.613. The molecule has 3 heterocycles. The Morgan fingerprint density at radius 1 is 1.21 bits per heavy atom. The number of cyclic esters (lactones) is 1. The number of benzene rings is 1. The fraction of sp³-hybridized carbons (Fsp3) is 0.316. The maximum absolute atomic E-state index is 14.7. The first kappa shape index (κ1) is 18.2. The van der Waals surface area contributed by atoms with Crippen LogP contribution >= 0.6 is 0 Å². The quantitative estimate of drug-likeness (QED) is 0.870. The van der Waals surface area contributed by atoms with Gasteiger partial charge in [-0.2, -0.15) is 0 Å². The van der Waals surface area contributed by atoms with Gasteiger partial charge in [-0.1, -0.05) is 0 Å². The molecule has 4 rings (SSSR count). The maximum atomic E-state index is 14.7. The summed E-state index contributed by atoms with van der Waals surface area (Å²) in [7, 11) is 1.73. The van der Waals surface area contributed by atoms with Gasteiger partial charge in [-0.25, -0.2) is 19.0 Å². The molecule has 0 radical (unpaired) electrons. The normalized spacial score (nSPS) is 19.5. The third kappa shape index (κ3) is 3.13. The van der Waals surface area contributed by atoms with Crippen LogP contribution in [0.1, 0.15) is 0 Å². The van der Waals surface area contributed by atoms with Gasteiger partial charge in [0.15, 0.2) is 0 Å². The molecule has 2 fully saturated rings. The molecule has 0 bridgehead atoms. The molecule has 1 aromatic carbocycles. The summed E-state index contributed by atoms with van der Waals surface area (Å²) >= 11 is 0. The number of carbonyl (C=O) groups excluding carboxylic acids is 2. The summed E-state index contributed by atoms with van der Waals surface area (Å²) in [5.74, 6) is 0.00858. The van der Waals surface area contributed by atoms with Gasteiger partial charge in [-0.05, 0) is 30.3 Å². The van der Waals surface area contributed by atoms with Crippen molar-refractivity contribution in [3.8, 4) is 11.1 Å². The zero-order valence-electron chi connectivity index (χ0n) is 15.2. The third-order valence-corrected chi connectivity index (χ3v) is 4.89. The summed E-state index contributed by atoms with van der Waals surface area (Å²) < 4.78 is 19.7. The van der Waals surface area contributed by atoms with E-state index in [1.807, 2.05) is 0 Å². The van der Waals surface area contributed by atoms with Crippen molar-refractivity contribution in [2.75, 3.05) is 43.1 Å². The molecule has 8 nitrogen and oxygen atoms in total. The summed E-state index contributed by atoms with van der Waals surface area (Å²) in [6, 6.07) is 7.71. The van der Waals surface area contributed by atoms with Gasteiger partial charge < -0.3 is 14.7 Å². The maximum Gasteiger partial charge on any atom is 0.414 e. The van der Waals surface area contributed by atoms with E-state index in [-0.39, 0.29) is 19.2 Å². The smallest absolute Gasteiger partial charge is 0.414 e. The number of aliphatic hydroxyl groups is 1. The van der Waals surface area contributed by atoms with E-state index >= 15 is 0 Å². The average Bonchev–Trinajstić information content (AvgIpc) is 3.24. The minimum Gasteiger partial charge on any atom is -0.441 e. The second kappa shape index (κ2) is 7.08. The topological polar surface area (TPSA) is 86.2 Å². The molecule has 0 aliphatic carbocycles. The van der Waals surface area contributed by atoms with Crippen molar-refractivity contribution < 1.29 is 23.8 Å². The van der Waals surface area contributed by atoms with Crippen molar-refractivity contribution in [1.82, 2.24) is 9.88 Å². The van der Waals surface area contributed by atoms with Gasteiger partial charge in [0.1, 0.15) is 17.7 Å². The number of urea groups is 1. The highest BCUT2D eigenvalue weighted by molar-refractivity contribution is 5.93. The number of anilines is 2. The van der Waals surface area contributed by atoms with Crippen molar-refractivity contribution >= 4 is 23.6 Å². The Bertz CT molecular complexity index is 921. The number of aromatic nitrogens is 1. The first-order chi connectivity index (χ1) is 13.5. The number of likely N-dealkylation sites (N-methyl/N-ethyl adjacent to an activating group) is 1. The van der Waals surface area contributed by atoms with Gasteiger partial charge in [0, 0.05) is 37.5 Å². The molecule has 0 saturated carbocycles. The van der Waals surface area contributed by atoms with E-state index in [1.165, 1.54) is 17.2 Å². The van der Waals surface area contributed by atoms with Gasteiger partial charge in [0.25, 0.3) is 0 Å². The largest absolute Gasteiger partial charge is 0.441 e. The van der Waals surface area contributed by atoms with Crippen LogP contribution in [0, 0.1) is 5.82 Å². The molecule has 1 N–H and O–H groups in total. The second-order valence-corrected chi connectivity index (χ2v) is 6.72. The lowest BCUT2D eigenvalue weighted by Gasteiger charge is -2.16. The fourth-order valence-corrected chi connectivity index (χ4v) is 3.30. The van der Waals surface area contributed by atoms with Gasteiger partial charge in [-0.3, -0.25) is 9.80 Å². The standard InChI is InChI=1S/C19H19FN4O4/c1-22-6-7-23(18(22)26)17-5-2-12(9-21-17)15-4-3-13(8-16(15)20)24-10-14(11-25)28-19(24)27/h2-5,8-9,14,25H,6-7,10-11H2,1H3/t14-/m1/s1. The van der Waals surface area contributed by atoms with E-state index in [0.717, 1.165) is 0 Å². The zero-order valence-corrected chi connectivity index (χ0v) is 15.2. The van der Waals surface area contributed by atoms with E-state index in [2.05, 4.69) is 4.98 Å². The van der Waals surface area contributed by atoms with E-state index in [9.17, 15) is 14.0 Å². The lowest BCUT2D eigenvalue weighted by molar-refractivity contribution is 0.0963. The summed E-state index contributed by atoms with van der Waals surface area (Å²) in [4.78, 5) is 32.6. The van der Waals surface area contributed by atoms with Crippen molar-refractivity contribution in [3.63, 3.8) is 0 Å². The lowest BCUT2D eigenvalue weighted by Crippen LogP contribution is -2.29. The SMILES string of the molecule is CN1CCN(c2ccc(-c3ccc(N4C[C@H](CO)OC4=O)cc3F)cn2)C1=O. The van der Waals surface area contributed by atoms with Crippen molar-refractivity contribution in [2.45, 2.75) is 6.10 Å². The highest BCUT2D eigenvalue weighted by Gasteiger charge is 2.32. The van der Waals surface area contributed by atoms with Crippen LogP contribution < -0.4 is 9.80 Å². The highest BCUT2D eigenvalue weighted by atomic mass is 19.1. The first-order valence-electron chi connectivity index (χ1n) is 8.85. The number of halogens is 1. The molecule has 28 heavy (non-hydrogen) atoms. The molecule has 0 unspecified atom stereocenters. The molecule has 146 valence electrons. The number of hydrogen-bond acceptors (Lipinski definition) is 5. The highest BCUT2D eigenvalue weighted by Crippen LogP contribution is 2.29. The number of carbonyl (C=O) groups is 2. The molecule has 2 aromatic rings. The number of nitrogens with zero attached hydrogens (tertiary/aromatic N) is 4. The molecule has 1 aromatic heterocycles. The summed E-state index contributed by atoms with van der Waals surface area (Å²) in [5, 5.41) is 9.12. The molecule has 3 amide bonds. The van der Waals surface area contributed by atoms with Gasteiger partial charge in [0.05, 0.1) is 18.8 Å². The Hall–Kier alpha value is -3.20. The second-order valence-electron chi connectivity index (χ2n) is 6.72. The molecule has 1 atom stereocenters. The lowest BCUT2D eigenvalue weighted by atomic mass is 10.1. The Labute approximate surface area is 160 Å². The molecule has 2 saturated heterocycles. The van der Waals surface area contributed by atoms with Crippen LogP contribution in [0.5, 0.6) is 0 Å². The molecule has 0 spiro atoms. The predicted octanol–water partition coefficient (Wildman–Crippen LogP) is 2.08. The van der Waals surface area contributed by atoms with E-state index < -0.39 is 18.0 Å². The van der Waals surface area contributed by atoms with Gasteiger partial charge in [0.2, 0.25) is 0 Å². The molecule has 9 heteroatoms. The fourth-order valence-electron chi connectivity index (χ4n) is 3.30. The number of amides is 3. The minimum absolute atomic E-state index is 0.116. The Morgan fingerprint density at radius 3 is 2.61 bits per heavy atom. The number of ether oxygens (including phenoxy) is 1. The Kier molecular flexibility index (Phi) is 4.60.